The van der Waals surface area contributed by atoms with E-state index in [0.29, 0.717) is 0 Å². The van der Waals surface area contributed by atoms with Crippen molar-refractivity contribution in [3.8, 4) is 5.75 Å². The highest BCUT2D eigenvalue weighted by Gasteiger charge is 2.23. The van der Waals surface area contributed by atoms with Crippen LogP contribution in [0.3, 0.4) is 0 Å². The summed E-state index contributed by atoms with van der Waals surface area (Å²) in [5, 5.41) is 18.1. The molecule has 0 aromatic heterocycles. The highest BCUT2D eigenvalue weighted by Crippen LogP contribution is 2.27. The van der Waals surface area contributed by atoms with E-state index >= 15 is 0 Å². The highest BCUT2D eigenvalue weighted by atomic mass is 79.9. The van der Waals surface area contributed by atoms with Crippen molar-refractivity contribution in [1.29, 1.82) is 0 Å². The van der Waals surface area contributed by atoms with Crippen LogP contribution >= 0.6 is 15.9 Å². The van der Waals surface area contributed by atoms with Gasteiger partial charge in [-0.1, -0.05) is 22.0 Å². The van der Waals surface area contributed by atoms with Crippen LogP contribution in [-0.4, -0.2) is 33.4 Å². The van der Waals surface area contributed by atoms with E-state index in [0.717, 1.165) is 18.2 Å². The minimum atomic E-state index is -3.12. The Kier molecular flexibility index (Phi) is 5.58. The molecular formula is C12H11BrF2O5. The smallest absolute Gasteiger partial charge is 0.387 e. The third kappa shape index (κ3) is 3.97. The zero-order chi connectivity index (χ0) is 15.4. The summed E-state index contributed by atoms with van der Waals surface area (Å²) >= 11 is 3.00. The summed E-state index contributed by atoms with van der Waals surface area (Å²) in [5.41, 5.74) is -0.330. The lowest BCUT2D eigenvalue weighted by Gasteiger charge is -2.14. The van der Waals surface area contributed by atoms with Crippen LogP contribution in [0.5, 0.6) is 5.75 Å². The molecule has 0 bridgehead atoms. The lowest BCUT2D eigenvalue weighted by atomic mass is 10.0. The fourth-order valence-corrected chi connectivity index (χ4v) is 1.71. The minimum absolute atomic E-state index is 0.101. The number of hydrogen-bond donors (Lipinski definition) is 2. The maximum Gasteiger partial charge on any atom is 0.387 e. The van der Waals surface area contributed by atoms with Crippen molar-refractivity contribution < 1.29 is 33.3 Å². The van der Waals surface area contributed by atoms with Gasteiger partial charge in [-0.3, -0.25) is 4.79 Å². The number of aliphatic hydroxyl groups excluding tert-OH is 1. The number of benzene rings is 1. The molecule has 2 unspecified atom stereocenters. The molecule has 110 valence electrons. The first-order valence-electron chi connectivity index (χ1n) is 5.42. The van der Waals surface area contributed by atoms with Crippen molar-refractivity contribution in [2.45, 2.75) is 24.5 Å². The maximum atomic E-state index is 12.3. The number of carboxylic acid groups (broad SMARTS) is 1. The quantitative estimate of drug-likeness (QED) is 0.606. The number of halogens is 3. The van der Waals surface area contributed by atoms with Crippen molar-refractivity contribution in [1.82, 2.24) is 0 Å². The van der Waals surface area contributed by atoms with E-state index in [1.54, 1.807) is 0 Å². The first-order chi connectivity index (χ1) is 9.23. The van der Waals surface area contributed by atoms with Gasteiger partial charge in [0.15, 0.2) is 11.9 Å². The average molecular weight is 353 g/mol. The Bertz CT molecular complexity index is 519. The van der Waals surface area contributed by atoms with Crippen molar-refractivity contribution in [3.05, 3.63) is 29.3 Å². The van der Waals surface area contributed by atoms with Gasteiger partial charge in [-0.2, -0.15) is 8.78 Å². The number of alkyl halides is 3. The van der Waals surface area contributed by atoms with Gasteiger partial charge < -0.3 is 14.9 Å². The molecule has 0 amide bonds. The summed E-state index contributed by atoms with van der Waals surface area (Å²) in [4.78, 5) is 21.9. The first-order valence-corrected chi connectivity index (χ1v) is 6.33. The van der Waals surface area contributed by atoms with E-state index in [2.05, 4.69) is 20.7 Å². The molecule has 20 heavy (non-hydrogen) atoms. The predicted molar refractivity (Wildman–Crippen MR) is 68.4 cm³/mol. The molecule has 0 aliphatic heterocycles. The van der Waals surface area contributed by atoms with Gasteiger partial charge >= 0.3 is 12.6 Å². The monoisotopic (exact) mass is 352 g/mol. The summed E-state index contributed by atoms with van der Waals surface area (Å²) in [6.07, 6.45) is -1.85. The Hall–Kier alpha value is -1.54. The van der Waals surface area contributed by atoms with E-state index in [-0.39, 0.29) is 16.9 Å². The van der Waals surface area contributed by atoms with Crippen molar-refractivity contribution in [3.63, 3.8) is 0 Å². The Balaban J connectivity index is 3.28. The fourth-order valence-electron chi connectivity index (χ4n) is 1.47. The van der Waals surface area contributed by atoms with Gasteiger partial charge in [0, 0.05) is 0 Å². The molecule has 0 heterocycles. The third-order valence-corrected chi connectivity index (χ3v) is 2.81. The van der Waals surface area contributed by atoms with Crippen LogP contribution in [-0.2, 0) is 4.79 Å². The second-order valence-corrected chi connectivity index (χ2v) is 5.23. The van der Waals surface area contributed by atoms with Crippen LogP contribution in [0.1, 0.15) is 28.9 Å². The third-order valence-electron chi connectivity index (χ3n) is 2.40. The molecule has 0 radical (unpaired) electrons. The lowest BCUT2D eigenvalue weighted by molar-refractivity contribution is -0.147. The largest absolute Gasteiger partial charge is 0.479 e. The number of rotatable bonds is 6. The van der Waals surface area contributed by atoms with E-state index in [4.69, 9.17) is 5.11 Å². The topological polar surface area (TPSA) is 83.8 Å². The number of carbonyl (C=O) groups is 2. The molecule has 0 aliphatic carbocycles. The number of ketones is 1. The molecule has 2 N–H and O–H groups in total. The molecule has 2 atom stereocenters. The summed E-state index contributed by atoms with van der Waals surface area (Å²) in [6, 6.07) is 3.15. The van der Waals surface area contributed by atoms with Gasteiger partial charge in [0.1, 0.15) is 5.75 Å². The van der Waals surface area contributed by atoms with Gasteiger partial charge in [-0.05, 0) is 24.6 Å². The molecular weight excluding hydrogens is 342 g/mol. The molecule has 5 nitrogen and oxygen atoms in total. The second kappa shape index (κ2) is 6.76. The average Bonchev–Trinajstić information content (AvgIpc) is 2.36. The van der Waals surface area contributed by atoms with E-state index in [9.17, 15) is 23.5 Å². The summed E-state index contributed by atoms with van der Waals surface area (Å²) < 4.78 is 28.7. The van der Waals surface area contributed by atoms with Gasteiger partial charge in [0.25, 0.3) is 0 Å². The zero-order valence-corrected chi connectivity index (χ0v) is 11.8. The Morgan fingerprint density at radius 2 is 1.95 bits per heavy atom. The minimum Gasteiger partial charge on any atom is -0.479 e. The van der Waals surface area contributed by atoms with Crippen LogP contribution < -0.4 is 4.74 Å². The van der Waals surface area contributed by atoms with Crippen LogP contribution in [0.25, 0.3) is 0 Å². The molecule has 0 saturated carbocycles. The SMILES string of the molecule is CC(Br)C(=O)c1cc(C(O)C(=O)O)ccc1OC(F)F. The van der Waals surface area contributed by atoms with Gasteiger partial charge in [0.05, 0.1) is 10.4 Å². The molecule has 8 heteroatoms. The normalized spacial score (nSPS) is 13.9. The molecule has 0 saturated heterocycles. The second-order valence-electron chi connectivity index (χ2n) is 3.86. The molecule has 0 fully saturated rings. The molecule has 1 rings (SSSR count). The van der Waals surface area contributed by atoms with Crippen molar-refractivity contribution in [2.75, 3.05) is 0 Å². The number of aliphatic carboxylic acids is 1. The van der Waals surface area contributed by atoms with Gasteiger partial charge in [-0.15, -0.1) is 0 Å². The molecule has 1 aromatic carbocycles. The van der Waals surface area contributed by atoms with Crippen molar-refractivity contribution in [2.24, 2.45) is 0 Å². The summed E-state index contributed by atoms with van der Waals surface area (Å²) in [7, 11) is 0. The number of carbonyl (C=O) groups excluding carboxylic acids is 1. The summed E-state index contributed by atoms with van der Waals surface area (Å²) in [5.74, 6) is -2.46. The number of ether oxygens (including phenoxy) is 1. The standard InChI is InChI=1S/C12H11BrF2O5/c1-5(13)9(16)7-4-6(10(17)11(18)19)2-3-8(7)20-12(14)15/h2-5,10,12,17H,1H3,(H,18,19). The Labute approximate surface area is 121 Å². The predicted octanol–water partition coefficient (Wildman–Crippen LogP) is 2.37. The number of aliphatic hydroxyl groups is 1. The first kappa shape index (κ1) is 16.5. The fraction of sp³-hybridized carbons (Fsp3) is 0.333. The van der Waals surface area contributed by atoms with Crippen LogP contribution in [0.2, 0.25) is 0 Å². The number of hydrogen-bond acceptors (Lipinski definition) is 4. The number of Topliss-reactive ketones (excluding diaryl/α,β-unsaturated/α-hetero) is 1. The lowest BCUT2D eigenvalue weighted by Crippen LogP contribution is -2.16. The van der Waals surface area contributed by atoms with Crippen LogP contribution in [0.4, 0.5) is 8.78 Å². The summed E-state index contributed by atoms with van der Waals surface area (Å²) in [6.45, 7) is -1.64. The van der Waals surface area contributed by atoms with E-state index in [1.807, 2.05) is 0 Å². The number of carboxylic acids is 1. The van der Waals surface area contributed by atoms with E-state index < -0.39 is 29.3 Å². The highest BCUT2D eigenvalue weighted by molar-refractivity contribution is 9.10. The Morgan fingerprint density at radius 3 is 2.40 bits per heavy atom. The molecule has 0 aliphatic rings. The van der Waals surface area contributed by atoms with Gasteiger partial charge in [0.2, 0.25) is 0 Å². The molecule has 1 aromatic rings. The van der Waals surface area contributed by atoms with Crippen LogP contribution in [0.15, 0.2) is 18.2 Å². The Morgan fingerprint density at radius 1 is 1.35 bits per heavy atom. The maximum absolute atomic E-state index is 12.3. The molecule has 0 spiro atoms. The van der Waals surface area contributed by atoms with Crippen molar-refractivity contribution >= 4 is 27.7 Å². The van der Waals surface area contributed by atoms with E-state index in [1.165, 1.54) is 6.92 Å². The zero-order valence-electron chi connectivity index (χ0n) is 10.2. The van der Waals surface area contributed by atoms with Gasteiger partial charge in [-0.25, -0.2) is 4.79 Å². The van der Waals surface area contributed by atoms with Crippen LogP contribution in [0, 0.1) is 0 Å².